The lowest BCUT2D eigenvalue weighted by molar-refractivity contribution is -0.160. The third-order valence-electron chi connectivity index (χ3n) is 5.51. The van der Waals surface area contributed by atoms with E-state index in [9.17, 15) is 18.0 Å². The first-order valence-corrected chi connectivity index (χ1v) is 12.2. The van der Waals surface area contributed by atoms with Crippen LogP contribution in [-0.2, 0) is 24.3 Å². The highest BCUT2D eigenvalue weighted by Crippen LogP contribution is 2.27. The zero-order valence-electron chi connectivity index (χ0n) is 18.5. The number of benzene rings is 1. The summed E-state index contributed by atoms with van der Waals surface area (Å²) in [5, 5.41) is 6.34. The molecule has 4 rings (SSSR count). The number of anilines is 1. The molecular formula is C23H24N4O6S. The topological polar surface area (TPSA) is 132 Å². The Hall–Kier alpha value is -3.57. The maximum absolute atomic E-state index is 13.0. The number of nitrogens with one attached hydrogen (secondary N) is 1. The quantitative estimate of drug-likeness (QED) is 0.506. The van der Waals surface area contributed by atoms with Crippen LogP contribution in [0.3, 0.4) is 0 Å². The van der Waals surface area contributed by atoms with Crippen LogP contribution in [0.5, 0.6) is 0 Å². The molecule has 0 spiro atoms. The van der Waals surface area contributed by atoms with Crippen LogP contribution in [0, 0.1) is 12.8 Å². The van der Waals surface area contributed by atoms with Crippen LogP contribution >= 0.6 is 0 Å². The van der Waals surface area contributed by atoms with E-state index >= 15 is 0 Å². The molecule has 1 aliphatic rings. The van der Waals surface area contributed by atoms with E-state index in [0.717, 1.165) is 0 Å². The number of pyridine rings is 1. The van der Waals surface area contributed by atoms with E-state index in [-0.39, 0.29) is 36.6 Å². The lowest BCUT2D eigenvalue weighted by atomic mass is 9.98. The number of piperidine rings is 1. The minimum absolute atomic E-state index is 0.111. The SMILES string of the molecule is Cc1cc(NC(=O)C(OC(=O)C2CCN(S(=O)(=O)c3cccnc3)CC2)c2ccccc2)no1. The maximum Gasteiger partial charge on any atom is 0.310 e. The number of sulfonamides is 1. The summed E-state index contributed by atoms with van der Waals surface area (Å²) < 4.78 is 37.5. The Kier molecular flexibility index (Phi) is 7.03. The van der Waals surface area contributed by atoms with E-state index in [0.29, 0.717) is 11.3 Å². The van der Waals surface area contributed by atoms with Crippen LogP contribution in [0.2, 0.25) is 0 Å². The van der Waals surface area contributed by atoms with Crippen molar-refractivity contribution in [3.8, 4) is 0 Å². The van der Waals surface area contributed by atoms with Crippen molar-refractivity contribution < 1.29 is 27.3 Å². The van der Waals surface area contributed by atoms with Gasteiger partial charge in [-0.15, -0.1) is 0 Å². The number of carbonyl (C=O) groups is 2. The summed E-state index contributed by atoms with van der Waals surface area (Å²) in [7, 11) is -3.68. The second-order valence-electron chi connectivity index (χ2n) is 7.91. The van der Waals surface area contributed by atoms with Crippen molar-refractivity contribution in [3.63, 3.8) is 0 Å². The number of nitrogens with zero attached hydrogens (tertiary/aromatic N) is 3. The molecule has 1 fully saturated rings. The molecule has 1 amide bonds. The maximum atomic E-state index is 13.0. The molecule has 10 nitrogen and oxygen atoms in total. The largest absolute Gasteiger partial charge is 0.447 e. The van der Waals surface area contributed by atoms with Gasteiger partial charge in [-0.25, -0.2) is 8.42 Å². The number of amides is 1. The number of esters is 1. The Labute approximate surface area is 197 Å². The Bertz CT molecular complexity index is 1240. The van der Waals surface area contributed by atoms with Crippen LogP contribution in [0.4, 0.5) is 5.82 Å². The van der Waals surface area contributed by atoms with Gasteiger partial charge >= 0.3 is 5.97 Å². The van der Waals surface area contributed by atoms with Crippen LogP contribution in [0.1, 0.15) is 30.3 Å². The summed E-state index contributed by atoms with van der Waals surface area (Å²) in [6.07, 6.45) is 2.18. The van der Waals surface area contributed by atoms with Crippen molar-refractivity contribution >= 4 is 27.7 Å². The fourth-order valence-corrected chi connectivity index (χ4v) is 5.15. The zero-order chi connectivity index (χ0) is 24.1. The van der Waals surface area contributed by atoms with Gasteiger partial charge in [-0.3, -0.25) is 14.6 Å². The fraction of sp³-hybridized carbons (Fsp3) is 0.304. The van der Waals surface area contributed by atoms with E-state index in [4.69, 9.17) is 9.26 Å². The summed E-state index contributed by atoms with van der Waals surface area (Å²) in [6, 6.07) is 13.3. The van der Waals surface area contributed by atoms with Crippen molar-refractivity contribution in [2.75, 3.05) is 18.4 Å². The molecule has 1 atom stereocenters. The summed E-state index contributed by atoms with van der Waals surface area (Å²) in [5.74, 6) is -0.915. The van der Waals surface area contributed by atoms with Gasteiger partial charge < -0.3 is 14.6 Å². The van der Waals surface area contributed by atoms with E-state index in [1.165, 1.54) is 22.8 Å². The Balaban J connectivity index is 1.42. The van der Waals surface area contributed by atoms with E-state index in [1.807, 2.05) is 0 Å². The predicted octanol–water partition coefficient (Wildman–Crippen LogP) is 2.70. The van der Waals surface area contributed by atoms with Gasteiger partial charge in [0.1, 0.15) is 10.7 Å². The van der Waals surface area contributed by atoms with Gasteiger partial charge in [-0.2, -0.15) is 4.31 Å². The molecule has 3 aromatic rings. The van der Waals surface area contributed by atoms with Crippen molar-refractivity contribution in [2.24, 2.45) is 5.92 Å². The molecule has 1 aromatic carbocycles. The van der Waals surface area contributed by atoms with Crippen molar-refractivity contribution in [3.05, 3.63) is 72.2 Å². The second-order valence-corrected chi connectivity index (χ2v) is 9.84. The highest BCUT2D eigenvalue weighted by molar-refractivity contribution is 7.89. The molecule has 178 valence electrons. The first kappa shape index (κ1) is 23.6. The first-order chi connectivity index (χ1) is 16.3. The number of aromatic nitrogens is 2. The average Bonchev–Trinajstić information content (AvgIpc) is 3.27. The van der Waals surface area contributed by atoms with Gasteiger partial charge in [-0.05, 0) is 31.9 Å². The Morgan fingerprint density at radius 1 is 1.15 bits per heavy atom. The minimum atomic E-state index is -3.68. The molecule has 0 saturated carbocycles. The number of ether oxygens (including phenoxy) is 1. The van der Waals surface area contributed by atoms with Gasteiger partial charge in [0.15, 0.2) is 5.82 Å². The van der Waals surface area contributed by atoms with Crippen molar-refractivity contribution in [1.82, 2.24) is 14.4 Å². The minimum Gasteiger partial charge on any atom is -0.447 e. The van der Waals surface area contributed by atoms with E-state index in [2.05, 4.69) is 15.5 Å². The van der Waals surface area contributed by atoms with E-state index < -0.39 is 33.9 Å². The monoisotopic (exact) mass is 484 g/mol. The normalized spacial score (nSPS) is 16.0. The van der Waals surface area contributed by atoms with Gasteiger partial charge in [0.2, 0.25) is 16.1 Å². The third kappa shape index (κ3) is 5.32. The van der Waals surface area contributed by atoms with Crippen LogP contribution in [0.15, 0.2) is 70.3 Å². The summed E-state index contributed by atoms with van der Waals surface area (Å²) in [4.78, 5) is 29.9. The number of carbonyl (C=O) groups excluding carboxylic acids is 2. The molecule has 2 aromatic heterocycles. The van der Waals surface area contributed by atoms with E-state index in [1.54, 1.807) is 49.4 Å². The lowest BCUT2D eigenvalue weighted by Gasteiger charge is -2.30. The summed E-state index contributed by atoms with van der Waals surface area (Å²) >= 11 is 0. The molecule has 1 aliphatic heterocycles. The van der Waals surface area contributed by atoms with Crippen molar-refractivity contribution in [2.45, 2.75) is 30.8 Å². The zero-order valence-corrected chi connectivity index (χ0v) is 19.3. The molecule has 3 heterocycles. The number of rotatable bonds is 7. The Morgan fingerprint density at radius 2 is 1.88 bits per heavy atom. The molecule has 0 radical (unpaired) electrons. The number of hydrogen-bond donors (Lipinski definition) is 1. The number of aryl methyl sites for hydroxylation is 1. The Morgan fingerprint density at radius 3 is 2.50 bits per heavy atom. The average molecular weight is 485 g/mol. The van der Waals surface area contributed by atoms with Crippen LogP contribution < -0.4 is 5.32 Å². The molecule has 34 heavy (non-hydrogen) atoms. The fourth-order valence-electron chi connectivity index (χ4n) is 3.71. The first-order valence-electron chi connectivity index (χ1n) is 10.7. The van der Waals surface area contributed by atoms with Gasteiger partial charge in [0, 0.05) is 37.1 Å². The highest BCUT2D eigenvalue weighted by Gasteiger charge is 2.35. The van der Waals surface area contributed by atoms with Gasteiger partial charge in [0.25, 0.3) is 5.91 Å². The smallest absolute Gasteiger partial charge is 0.310 e. The highest BCUT2D eigenvalue weighted by atomic mass is 32.2. The standard InChI is InChI=1S/C23H24N4O6S/c1-16-14-20(26-33-16)25-22(28)21(17-6-3-2-4-7-17)32-23(29)18-9-12-27(13-10-18)34(30,31)19-8-5-11-24-15-19/h2-8,11,14-15,18,21H,9-10,12-13H2,1H3,(H,25,26,28). The molecule has 1 unspecified atom stereocenters. The molecular weight excluding hydrogens is 460 g/mol. The molecule has 11 heteroatoms. The van der Waals surface area contributed by atoms with Crippen molar-refractivity contribution in [1.29, 1.82) is 0 Å². The van der Waals surface area contributed by atoms with Gasteiger partial charge in [-0.1, -0.05) is 35.5 Å². The molecule has 0 aliphatic carbocycles. The molecule has 1 saturated heterocycles. The van der Waals surface area contributed by atoms with Gasteiger partial charge in [0.05, 0.1) is 5.92 Å². The summed E-state index contributed by atoms with van der Waals surface area (Å²) in [6.45, 7) is 2.02. The second kappa shape index (κ2) is 10.1. The molecule has 1 N–H and O–H groups in total. The molecule has 0 bridgehead atoms. The third-order valence-corrected chi connectivity index (χ3v) is 7.40. The predicted molar refractivity (Wildman–Crippen MR) is 121 cm³/mol. The lowest BCUT2D eigenvalue weighted by Crippen LogP contribution is -2.41. The number of hydrogen-bond acceptors (Lipinski definition) is 8. The van der Waals surface area contributed by atoms with Crippen LogP contribution in [-0.4, -0.2) is 47.8 Å². The van der Waals surface area contributed by atoms with Crippen LogP contribution in [0.25, 0.3) is 0 Å². The summed E-state index contributed by atoms with van der Waals surface area (Å²) in [5.41, 5.74) is 0.505.